The molecular weight excluding hydrogens is 413 g/mol. The van der Waals surface area contributed by atoms with Gasteiger partial charge >= 0.3 is 12.1 Å². The lowest BCUT2D eigenvalue weighted by Gasteiger charge is -2.56. The Morgan fingerprint density at radius 3 is 2.52 bits per heavy atom. The molecule has 5 rings (SSSR count). The molecule has 6 nitrogen and oxygen atoms in total. The fourth-order valence-electron chi connectivity index (χ4n) is 4.84. The Morgan fingerprint density at radius 1 is 1.19 bits per heavy atom. The van der Waals surface area contributed by atoms with Crippen LogP contribution in [-0.2, 0) is 14.3 Å². The van der Waals surface area contributed by atoms with Crippen molar-refractivity contribution in [3.63, 3.8) is 0 Å². The fraction of sp³-hybridized carbons (Fsp3) is 0.455. The number of carbonyl (C=O) groups excluding carboxylic acids is 1. The lowest BCUT2D eigenvalue weighted by Crippen LogP contribution is -2.67. The van der Waals surface area contributed by atoms with Crippen LogP contribution in [0.2, 0.25) is 0 Å². The van der Waals surface area contributed by atoms with Crippen LogP contribution < -0.4 is 9.80 Å². The number of morpholine rings is 1. The van der Waals surface area contributed by atoms with E-state index in [1.165, 1.54) is 17.1 Å². The third-order valence-electron chi connectivity index (χ3n) is 6.58. The van der Waals surface area contributed by atoms with Crippen LogP contribution in [0.15, 0.2) is 47.9 Å². The molecule has 1 N–H and O–H groups in total. The predicted molar refractivity (Wildman–Crippen MR) is 106 cm³/mol. The maximum atomic E-state index is 14.4. The third kappa shape index (κ3) is 3.18. The first-order valence-corrected chi connectivity index (χ1v) is 10.3. The molecule has 0 radical (unpaired) electrons. The zero-order valence-corrected chi connectivity index (χ0v) is 16.6. The number of nitrogens with zero attached hydrogens (tertiary/aromatic N) is 2. The van der Waals surface area contributed by atoms with E-state index >= 15 is 0 Å². The standard InChI is InChI=1S/C22H21F3N2O4/c23-22(24,25)20-21(7-2-8-21)31-18-10-16(28)5-6-17(18)27(20)15-4-1-3-14(9-15)26-11-13(12-26)19(29)30/h1,3-4,6,9-10,13,20H,2,5,7-8,11-12H2,(H,29,30). The van der Waals surface area contributed by atoms with Crippen molar-refractivity contribution in [1.82, 2.24) is 0 Å². The number of anilines is 2. The molecule has 1 unspecified atom stereocenters. The SMILES string of the molecule is O=C1C=C2OC3(CCC3)C(C(F)(F)F)N(c3cccc(N4CC(C(=O)O)C4)c3)C2=CC1. The zero-order chi connectivity index (χ0) is 22.0. The Bertz CT molecular complexity index is 1010. The Kier molecular flexibility index (Phi) is 4.36. The maximum absolute atomic E-state index is 14.4. The molecule has 31 heavy (non-hydrogen) atoms. The summed E-state index contributed by atoms with van der Waals surface area (Å²) >= 11 is 0. The van der Waals surface area contributed by atoms with Crippen molar-refractivity contribution >= 4 is 23.1 Å². The minimum atomic E-state index is -4.55. The minimum Gasteiger partial charge on any atom is -0.482 e. The number of aliphatic carboxylic acids is 1. The molecule has 1 aromatic carbocycles. The van der Waals surface area contributed by atoms with E-state index in [-0.39, 0.29) is 36.5 Å². The van der Waals surface area contributed by atoms with Crippen LogP contribution in [0.5, 0.6) is 0 Å². The monoisotopic (exact) mass is 434 g/mol. The predicted octanol–water partition coefficient (Wildman–Crippen LogP) is 3.64. The third-order valence-corrected chi connectivity index (χ3v) is 6.58. The first-order chi connectivity index (χ1) is 14.7. The number of fused-ring (bicyclic) bond motifs is 1. The highest BCUT2D eigenvalue weighted by molar-refractivity contribution is 5.94. The van der Waals surface area contributed by atoms with E-state index < -0.39 is 29.7 Å². The molecule has 0 aromatic heterocycles. The number of hydrogen-bond donors (Lipinski definition) is 1. The second-order valence-corrected chi connectivity index (χ2v) is 8.56. The highest BCUT2D eigenvalue weighted by atomic mass is 19.4. The highest BCUT2D eigenvalue weighted by Crippen LogP contribution is 2.54. The van der Waals surface area contributed by atoms with E-state index in [1.807, 2.05) is 4.90 Å². The Balaban J connectivity index is 1.56. The summed E-state index contributed by atoms with van der Waals surface area (Å²) in [6.07, 6.45) is -0.579. The van der Waals surface area contributed by atoms with Crippen molar-refractivity contribution in [2.45, 2.75) is 43.5 Å². The normalized spacial score (nSPS) is 25.1. The molecule has 164 valence electrons. The summed E-state index contributed by atoms with van der Waals surface area (Å²) in [6.45, 7) is 0.633. The van der Waals surface area contributed by atoms with Gasteiger partial charge in [0.05, 0.1) is 11.6 Å². The number of carboxylic acids is 1. The van der Waals surface area contributed by atoms with Crippen LogP contribution >= 0.6 is 0 Å². The van der Waals surface area contributed by atoms with Crippen LogP contribution in [0, 0.1) is 5.92 Å². The van der Waals surface area contributed by atoms with Gasteiger partial charge in [0.2, 0.25) is 0 Å². The van der Waals surface area contributed by atoms with Gasteiger partial charge < -0.3 is 19.6 Å². The zero-order valence-electron chi connectivity index (χ0n) is 16.6. The molecule has 0 bridgehead atoms. The van der Waals surface area contributed by atoms with Crippen molar-refractivity contribution in [2.75, 3.05) is 22.9 Å². The Hall–Kier alpha value is -2.97. The van der Waals surface area contributed by atoms with E-state index in [0.29, 0.717) is 30.9 Å². The maximum Gasteiger partial charge on any atom is 0.413 e. The fourth-order valence-corrected chi connectivity index (χ4v) is 4.84. The second-order valence-electron chi connectivity index (χ2n) is 8.56. The number of benzene rings is 1. The number of ether oxygens (including phenoxy) is 1. The molecule has 1 atom stereocenters. The van der Waals surface area contributed by atoms with Gasteiger partial charge in [-0.05, 0) is 43.5 Å². The van der Waals surface area contributed by atoms with Gasteiger partial charge in [0.15, 0.2) is 11.8 Å². The average molecular weight is 434 g/mol. The first-order valence-electron chi connectivity index (χ1n) is 10.3. The van der Waals surface area contributed by atoms with Crippen molar-refractivity contribution in [3.05, 3.63) is 47.9 Å². The van der Waals surface area contributed by atoms with Crippen molar-refractivity contribution in [1.29, 1.82) is 0 Å². The number of rotatable bonds is 3. The average Bonchev–Trinajstić information content (AvgIpc) is 2.63. The highest BCUT2D eigenvalue weighted by Gasteiger charge is 2.64. The Labute approximate surface area is 176 Å². The number of alkyl halides is 3. The molecule has 9 heteroatoms. The first kappa shape index (κ1) is 20.0. The topological polar surface area (TPSA) is 70.1 Å². The largest absolute Gasteiger partial charge is 0.482 e. The molecule has 2 aliphatic heterocycles. The van der Waals surface area contributed by atoms with E-state index in [4.69, 9.17) is 9.84 Å². The number of allylic oxidation sites excluding steroid dienone is 2. The quantitative estimate of drug-likeness (QED) is 0.784. The molecular formula is C22H21F3N2O4. The summed E-state index contributed by atoms with van der Waals surface area (Å²) in [7, 11) is 0. The summed E-state index contributed by atoms with van der Waals surface area (Å²) in [5.74, 6) is -1.37. The van der Waals surface area contributed by atoms with Gasteiger partial charge in [-0.25, -0.2) is 0 Å². The molecule has 2 saturated heterocycles. The van der Waals surface area contributed by atoms with E-state index in [1.54, 1.807) is 24.3 Å². The van der Waals surface area contributed by atoms with Crippen molar-refractivity contribution in [3.8, 4) is 0 Å². The van der Waals surface area contributed by atoms with Crippen LogP contribution in [0.4, 0.5) is 24.5 Å². The molecule has 1 spiro atoms. The molecule has 3 fully saturated rings. The summed E-state index contributed by atoms with van der Waals surface area (Å²) in [5, 5.41) is 9.11. The van der Waals surface area contributed by atoms with Gasteiger partial charge in [0.25, 0.3) is 0 Å². The molecule has 0 amide bonds. The van der Waals surface area contributed by atoms with Gasteiger partial charge in [0, 0.05) is 37.0 Å². The van der Waals surface area contributed by atoms with E-state index in [0.717, 1.165) is 0 Å². The van der Waals surface area contributed by atoms with E-state index in [2.05, 4.69) is 0 Å². The number of carboxylic acid groups (broad SMARTS) is 1. The lowest BCUT2D eigenvalue weighted by atomic mass is 9.71. The van der Waals surface area contributed by atoms with Crippen LogP contribution in [0.1, 0.15) is 25.7 Å². The summed E-state index contributed by atoms with van der Waals surface area (Å²) < 4.78 is 49.0. The summed E-state index contributed by atoms with van der Waals surface area (Å²) in [6, 6.07) is 4.84. The summed E-state index contributed by atoms with van der Waals surface area (Å²) in [5.41, 5.74) is -0.147. The van der Waals surface area contributed by atoms with Gasteiger partial charge in [0.1, 0.15) is 11.4 Å². The number of hydrogen-bond acceptors (Lipinski definition) is 5. The molecule has 2 aliphatic carbocycles. The van der Waals surface area contributed by atoms with Crippen molar-refractivity contribution < 1.29 is 32.6 Å². The lowest BCUT2D eigenvalue weighted by molar-refractivity contribution is -0.221. The molecule has 2 heterocycles. The smallest absolute Gasteiger partial charge is 0.413 e. The minimum absolute atomic E-state index is 0.0162. The van der Waals surface area contributed by atoms with Crippen LogP contribution in [-0.4, -0.2) is 47.8 Å². The van der Waals surface area contributed by atoms with E-state index in [9.17, 15) is 22.8 Å². The molecule has 1 aromatic rings. The number of ketones is 1. The van der Waals surface area contributed by atoms with Crippen LogP contribution in [0.25, 0.3) is 0 Å². The van der Waals surface area contributed by atoms with Crippen LogP contribution in [0.3, 0.4) is 0 Å². The van der Waals surface area contributed by atoms with Gasteiger partial charge in [-0.3, -0.25) is 9.59 Å². The summed E-state index contributed by atoms with van der Waals surface area (Å²) in [4.78, 5) is 26.1. The Morgan fingerprint density at radius 2 is 1.90 bits per heavy atom. The molecule has 4 aliphatic rings. The second kappa shape index (κ2) is 6.77. The number of carbonyl (C=O) groups is 2. The van der Waals surface area contributed by atoms with Gasteiger partial charge in [-0.1, -0.05) is 6.07 Å². The van der Waals surface area contributed by atoms with Gasteiger partial charge in [-0.2, -0.15) is 13.2 Å². The number of halogens is 3. The van der Waals surface area contributed by atoms with Crippen molar-refractivity contribution in [2.24, 2.45) is 5.92 Å². The van der Waals surface area contributed by atoms with Gasteiger partial charge in [-0.15, -0.1) is 0 Å². The molecule has 1 saturated carbocycles.